The Hall–Kier alpha value is -1.64. The van der Waals surface area contributed by atoms with Crippen LogP contribution in [0.3, 0.4) is 0 Å². The third kappa shape index (κ3) is 10.3. The number of benzene rings is 1. The molecule has 20 heavy (non-hydrogen) atoms. The van der Waals surface area contributed by atoms with Gasteiger partial charge in [-0.2, -0.15) is 0 Å². The molecule has 0 aromatic heterocycles. The highest BCUT2D eigenvalue weighted by molar-refractivity contribution is 6.00. The van der Waals surface area contributed by atoms with Crippen molar-refractivity contribution in [3.8, 4) is 0 Å². The number of carbonyl (C=O) groups is 2. The zero-order valence-electron chi connectivity index (χ0n) is 14.0. The Morgan fingerprint density at radius 1 is 0.950 bits per heavy atom. The average Bonchev–Trinajstić information content (AvgIpc) is 2.95. The molecule has 3 heteroatoms. The van der Waals surface area contributed by atoms with Gasteiger partial charge in [0.15, 0.2) is 5.78 Å². The molecule has 116 valence electrons. The summed E-state index contributed by atoms with van der Waals surface area (Å²) in [5.41, 5.74) is 2.15. The van der Waals surface area contributed by atoms with Crippen LogP contribution < -0.4 is 0 Å². The molecule has 0 amide bonds. The molecule has 2 rings (SSSR count). The Bertz CT molecular complexity index is 333. The summed E-state index contributed by atoms with van der Waals surface area (Å²) in [6.45, 7) is 12.4. The van der Waals surface area contributed by atoms with E-state index in [1.54, 1.807) is 0 Å². The first-order valence-electron chi connectivity index (χ1n) is 7.37. The predicted octanol–water partition coefficient (Wildman–Crippen LogP) is 4.68. The Morgan fingerprint density at radius 3 is 1.80 bits per heavy atom. The summed E-state index contributed by atoms with van der Waals surface area (Å²) in [4.78, 5) is 20.0. The van der Waals surface area contributed by atoms with Gasteiger partial charge in [-0.05, 0) is 12.0 Å². The van der Waals surface area contributed by atoms with Gasteiger partial charge in [0.25, 0.3) is 6.47 Å². The topological polar surface area (TPSA) is 43.4 Å². The van der Waals surface area contributed by atoms with Crippen molar-refractivity contribution in [3.05, 3.63) is 35.4 Å². The van der Waals surface area contributed by atoms with Crippen LogP contribution in [0.25, 0.3) is 0 Å². The largest absolute Gasteiger partial charge is 0.471 e. The normalized spacial score (nSPS) is 9.65. The molecular weight excluding hydrogens is 252 g/mol. The Morgan fingerprint density at radius 2 is 1.40 bits per heavy atom. The lowest BCUT2D eigenvalue weighted by molar-refractivity contribution is -0.126. The molecule has 0 radical (unpaired) electrons. The number of methoxy groups -OCH3 is 1. The number of rotatable bonds is 1. The van der Waals surface area contributed by atoms with E-state index in [4.69, 9.17) is 4.79 Å². The van der Waals surface area contributed by atoms with Crippen molar-refractivity contribution in [2.75, 3.05) is 7.11 Å². The van der Waals surface area contributed by atoms with Crippen molar-refractivity contribution in [1.29, 1.82) is 0 Å². The van der Waals surface area contributed by atoms with Gasteiger partial charge in [-0.25, -0.2) is 0 Å². The molecule has 1 aromatic carbocycles. The Kier molecular flexibility index (Phi) is 23.1. The molecule has 1 aliphatic carbocycles. The van der Waals surface area contributed by atoms with Gasteiger partial charge in [-0.1, -0.05) is 65.8 Å². The minimum Gasteiger partial charge on any atom is -0.471 e. The van der Waals surface area contributed by atoms with E-state index in [0.717, 1.165) is 12.0 Å². The number of ketones is 1. The number of carbonyl (C=O) groups excluding carboxylic acids is 2. The third-order valence-electron chi connectivity index (χ3n) is 2.04. The van der Waals surface area contributed by atoms with Crippen LogP contribution in [-0.4, -0.2) is 19.4 Å². The lowest BCUT2D eigenvalue weighted by Gasteiger charge is -1.92. The minimum atomic E-state index is 0.301. The summed E-state index contributed by atoms with van der Waals surface area (Å²) < 4.78 is 3.86. The van der Waals surface area contributed by atoms with E-state index in [2.05, 4.69) is 4.74 Å². The maximum absolute atomic E-state index is 11.1. The number of hydrogen-bond acceptors (Lipinski definition) is 3. The summed E-state index contributed by atoms with van der Waals surface area (Å²) in [5, 5.41) is 0. The van der Waals surface area contributed by atoms with Gasteiger partial charge >= 0.3 is 0 Å². The average molecular weight is 282 g/mol. The summed E-state index contributed by atoms with van der Waals surface area (Å²) in [7, 11) is 1.31. The fraction of sp³-hybridized carbons (Fsp3) is 0.529. The van der Waals surface area contributed by atoms with Crippen LogP contribution in [0.15, 0.2) is 24.3 Å². The molecule has 0 N–H and O–H groups in total. The second-order valence-electron chi connectivity index (χ2n) is 2.91. The van der Waals surface area contributed by atoms with E-state index in [1.165, 1.54) is 12.7 Å². The lowest BCUT2D eigenvalue weighted by atomic mass is 10.1. The number of ether oxygens (including phenoxy) is 1. The lowest BCUT2D eigenvalue weighted by Crippen LogP contribution is -1.88. The van der Waals surface area contributed by atoms with E-state index in [1.807, 2.05) is 65.8 Å². The molecule has 1 aliphatic rings. The van der Waals surface area contributed by atoms with Crippen LogP contribution in [-0.2, 0) is 16.0 Å². The van der Waals surface area contributed by atoms with Crippen molar-refractivity contribution in [3.63, 3.8) is 0 Å². The molecule has 0 atom stereocenters. The van der Waals surface area contributed by atoms with Crippen molar-refractivity contribution in [2.24, 2.45) is 0 Å². The van der Waals surface area contributed by atoms with E-state index >= 15 is 0 Å². The van der Waals surface area contributed by atoms with E-state index in [-0.39, 0.29) is 0 Å². The number of hydrogen-bond donors (Lipinski definition) is 0. The summed E-state index contributed by atoms with van der Waals surface area (Å²) >= 11 is 0. The van der Waals surface area contributed by atoms with Gasteiger partial charge < -0.3 is 4.74 Å². The second-order valence-corrected chi connectivity index (χ2v) is 2.91. The fourth-order valence-corrected chi connectivity index (χ4v) is 1.39. The fourth-order valence-electron chi connectivity index (χ4n) is 1.39. The van der Waals surface area contributed by atoms with Crippen LogP contribution in [0.5, 0.6) is 0 Å². The third-order valence-corrected chi connectivity index (χ3v) is 2.04. The van der Waals surface area contributed by atoms with Gasteiger partial charge in [0.1, 0.15) is 0 Å². The zero-order chi connectivity index (χ0) is 16.4. The van der Waals surface area contributed by atoms with E-state index in [0.29, 0.717) is 18.7 Å². The number of Topliss-reactive ketones (excluding diaryl/α,β-unsaturated/α-hetero) is 1. The molecule has 0 heterocycles. The first-order chi connectivity index (χ1) is 9.79. The second kappa shape index (κ2) is 19.7. The Balaban J connectivity index is -0.000000247. The van der Waals surface area contributed by atoms with Gasteiger partial charge in [0.05, 0.1) is 7.11 Å². The van der Waals surface area contributed by atoms with Gasteiger partial charge in [-0.3, -0.25) is 9.59 Å². The minimum absolute atomic E-state index is 0.301. The zero-order valence-corrected chi connectivity index (χ0v) is 14.0. The quantitative estimate of drug-likeness (QED) is 0.702. The maximum atomic E-state index is 11.1. The SMILES string of the molecule is CC.CC.CC.COC=O.O=C1CCc2ccccc21. The van der Waals surface area contributed by atoms with Gasteiger partial charge in [0.2, 0.25) is 0 Å². The Labute approximate surface area is 124 Å². The van der Waals surface area contributed by atoms with E-state index < -0.39 is 0 Å². The van der Waals surface area contributed by atoms with Crippen molar-refractivity contribution >= 4 is 12.3 Å². The van der Waals surface area contributed by atoms with Crippen molar-refractivity contribution in [1.82, 2.24) is 0 Å². The van der Waals surface area contributed by atoms with Crippen LogP contribution in [0.1, 0.15) is 63.9 Å². The molecule has 0 saturated heterocycles. The molecular formula is C17H30O3. The molecule has 0 bridgehead atoms. The van der Waals surface area contributed by atoms with Crippen LogP contribution >= 0.6 is 0 Å². The monoisotopic (exact) mass is 282 g/mol. The van der Waals surface area contributed by atoms with Crippen LogP contribution in [0.4, 0.5) is 0 Å². The predicted molar refractivity (Wildman–Crippen MR) is 86.2 cm³/mol. The van der Waals surface area contributed by atoms with E-state index in [9.17, 15) is 4.79 Å². The summed E-state index contributed by atoms with van der Waals surface area (Å²) in [6, 6.07) is 7.84. The van der Waals surface area contributed by atoms with Crippen LogP contribution in [0.2, 0.25) is 0 Å². The standard InChI is InChI=1S/C9H8O.C2H4O2.3C2H6/c10-9-6-5-7-3-1-2-4-8(7)9;1-4-2-3;3*1-2/h1-4H,5-6H2;2H,1H3;3*1-2H3. The van der Waals surface area contributed by atoms with Crippen molar-refractivity contribution < 1.29 is 14.3 Å². The maximum Gasteiger partial charge on any atom is 0.292 e. The van der Waals surface area contributed by atoms with Gasteiger partial charge in [-0.15, -0.1) is 0 Å². The molecule has 0 fully saturated rings. The van der Waals surface area contributed by atoms with Crippen molar-refractivity contribution in [2.45, 2.75) is 54.4 Å². The molecule has 3 nitrogen and oxygen atoms in total. The first-order valence-corrected chi connectivity index (χ1v) is 7.37. The highest BCUT2D eigenvalue weighted by atomic mass is 16.5. The molecule has 0 saturated carbocycles. The number of fused-ring (bicyclic) bond motifs is 1. The molecule has 0 spiro atoms. The summed E-state index contributed by atoms with van der Waals surface area (Å²) in [6.07, 6.45) is 1.65. The summed E-state index contributed by atoms with van der Waals surface area (Å²) in [5.74, 6) is 0.301. The molecule has 0 aliphatic heterocycles. The highest BCUT2D eigenvalue weighted by Gasteiger charge is 2.17. The van der Waals surface area contributed by atoms with Crippen LogP contribution in [0, 0.1) is 0 Å². The highest BCUT2D eigenvalue weighted by Crippen LogP contribution is 2.20. The number of aryl methyl sites for hydroxylation is 1. The molecule has 1 aromatic rings. The van der Waals surface area contributed by atoms with Gasteiger partial charge in [0, 0.05) is 12.0 Å². The smallest absolute Gasteiger partial charge is 0.292 e. The molecule has 0 unspecified atom stereocenters. The first kappa shape index (κ1) is 23.5.